The third-order valence-corrected chi connectivity index (χ3v) is 6.23. The summed E-state index contributed by atoms with van der Waals surface area (Å²) in [6.45, 7) is 0.880. The van der Waals surface area contributed by atoms with E-state index in [4.69, 9.17) is 28.4 Å². The molecule has 0 spiro atoms. The van der Waals surface area contributed by atoms with Gasteiger partial charge < -0.3 is 33.5 Å². The summed E-state index contributed by atoms with van der Waals surface area (Å²) in [6.07, 6.45) is -3.61. The van der Waals surface area contributed by atoms with Crippen LogP contribution in [0, 0.1) is 0 Å². The largest absolute Gasteiger partial charge is 0.385 e. The SMILES string of the molecule is CO[C@@H]1O[C@](COCc2ccccc2)(OC)[C@@H](O)[C@H](OCc2ccccc2)[C@H]1OCc1ccccc1. The van der Waals surface area contributed by atoms with Gasteiger partial charge in [-0.15, -0.1) is 0 Å². The van der Waals surface area contributed by atoms with Crippen molar-refractivity contribution in [2.24, 2.45) is 0 Å². The van der Waals surface area contributed by atoms with Gasteiger partial charge in [-0.1, -0.05) is 91.0 Å². The van der Waals surface area contributed by atoms with Crippen LogP contribution in [0.3, 0.4) is 0 Å². The normalized spacial score (nSPS) is 26.1. The van der Waals surface area contributed by atoms with Crippen LogP contribution in [0.25, 0.3) is 0 Å². The summed E-state index contributed by atoms with van der Waals surface area (Å²) in [6, 6.07) is 29.3. The maximum atomic E-state index is 11.5. The molecule has 0 bridgehead atoms. The van der Waals surface area contributed by atoms with Gasteiger partial charge in [0.05, 0.1) is 19.8 Å². The highest BCUT2D eigenvalue weighted by Gasteiger charge is 2.56. The van der Waals surface area contributed by atoms with Gasteiger partial charge in [-0.2, -0.15) is 0 Å². The third-order valence-electron chi connectivity index (χ3n) is 6.23. The second-order valence-corrected chi connectivity index (χ2v) is 8.68. The molecule has 1 aliphatic rings. The molecule has 1 heterocycles. The van der Waals surface area contributed by atoms with Crippen molar-refractivity contribution in [1.29, 1.82) is 0 Å². The highest BCUT2D eigenvalue weighted by atomic mass is 16.8. The van der Waals surface area contributed by atoms with Crippen LogP contribution >= 0.6 is 0 Å². The smallest absolute Gasteiger partial charge is 0.223 e. The van der Waals surface area contributed by atoms with Gasteiger partial charge in [0.2, 0.25) is 5.79 Å². The molecule has 0 aromatic heterocycles. The van der Waals surface area contributed by atoms with E-state index in [1.165, 1.54) is 14.2 Å². The van der Waals surface area contributed by atoms with Gasteiger partial charge in [0.1, 0.15) is 24.9 Å². The minimum absolute atomic E-state index is 0.0317. The minimum atomic E-state index is -1.51. The molecule has 0 aliphatic carbocycles. The van der Waals surface area contributed by atoms with Crippen LogP contribution in [0.15, 0.2) is 91.0 Å². The Hall–Kier alpha value is -2.62. The van der Waals surface area contributed by atoms with Crippen LogP contribution in [0.4, 0.5) is 0 Å². The average molecular weight is 495 g/mol. The number of benzene rings is 3. The summed E-state index contributed by atoms with van der Waals surface area (Å²) in [4.78, 5) is 0. The van der Waals surface area contributed by atoms with E-state index in [9.17, 15) is 5.11 Å². The molecule has 192 valence electrons. The number of rotatable bonds is 12. The van der Waals surface area contributed by atoms with E-state index in [0.717, 1.165) is 16.7 Å². The second-order valence-electron chi connectivity index (χ2n) is 8.68. The molecule has 0 unspecified atom stereocenters. The van der Waals surface area contributed by atoms with Crippen LogP contribution in [-0.4, -0.2) is 56.3 Å². The molecule has 7 heteroatoms. The van der Waals surface area contributed by atoms with Gasteiger partial charge in [0, 0.05) is 14.2 Å². The first-order chi connectivity index (χ1) is 17.6. The van der Waals surface area contributed by atoms with Crippen molar-refractivity contribution < 1.29 is 33.5 Å². The molecule has 0 saturated carbocycles. The lowest BCUT2D eigenvalue weighted by atomic mass is 9.95. The lowest BCUT2D eigenvalue weighted by molar-refractivity contribution is -0.411. The van der Waals surface area contributed by atoms with Crippen LogP contribution in [0.1, 0.15) is 16.7 Å². The molecule has 1 N–H and O–H groups in total. The third kappa shape index (κ3) is 6.57. The van der Waals surface area contributed by atoms with Crippen LogP contribution in [-0.2, 0) is 48.2 Å². The van der Waals surface area contributed by atoms with Crippen molar-refractivity contribution in [3.63, 3.8) is 0 Å². The Bertz CT molecular complexity index is 1020. The summed E-state index contributed by atoms with van der Waals surface area (Å²) >= 11 is 0. The Labute approximate surface area is 212 Å². The highest BCUT2D eigenvalue weighted by Crippen LogP contribution is 2.35. The van der Waals surface area contributed by atoms with Crippen molar-refractivity contribution in [3.8, 4) is 0 Å². The molecule has 1 aliphatic heterocycles. The van der Waals surface area contributed by atoms with Crippen molar-refractivity contribution >= 4 is 0 Å². The van der Waals surface area contributed by atoms with Crippen molar-refractivity contribution in [1.82, 2.24) is 0 Å². The van der Waals surface area contributed by atoms with Crippen molar-refractivity contribution in [2.45, 2.75) is 50.2 Å². The molecule has 1 fully saturated rings. The molecule has 0 radical (unpaired) electrons. The fraction of sp³-hybridized carbons (Fsp3) is 0.379. The van der Waals surface area contributed by atoms with E-state index in [1.54, 1.807) is 0 Å². The average Bonchev–Trinajstić information content (AvgIpc) is 2.94. The topological polar surface area (TPSA) is 75.6 Å². The fourth-order valence-corrected chi connectivity index (χ4v) is 4.23. The van der Waals surface area contributed by atoms with Gasteiger partial charge in [-0.3, -0.25) is 0 Å². The molecule has 1 saturated heterocycles. The highest BCUT2D eigenvalue weighted by molar-refractivity contribution is 5.15. The van der Waals surface area contributed by atoms with Crippen molar-refractivity contribution in [2.75, 3.05) is 20.8 Å². The van der Waals surface area contributed by atoms with Gasteiger partial charge in [0.25, 0.3) is 0 Å². The number of aliphatic hydroxyl groups is 1. The number of methoxy groups -OCH3 is 2. The Morgan fingerprint density at radius 1 is 0.694 bits per heavy atom. The number of hydrogen-bond donors (Lipinski definition) is 1. The zero-order valence-electron chi connectivity index (χ0n) is 20.7. The van der Waals surface area contributed by atoms with E-state index < -0.39 is 30.4 Å². The second kappa shape index (κ2) is 13.1. The molecule has 4 rings (SSSR count). The summed E-state index contributed by atoms with van der Waals surface area (Å²) in [5, 5.41) is 11.5. The molecule has 0 amide bonds. The molecule has 5 atom stereocenters. The summed E-state index contributed by atoms with van der Waals surface area (Å²) in [7, 11) is 3.00. The zero-order valence-corrected chi connectivity index (χ0v) is 20.7. The first kappa shape index (κ1) is 26.4. The monoisotopic (exact) mass is 494 g/mol. The fourth-order valence-electron chi connectivity index (χ4n) is 4.23. The lowest BCUT2D eigenvalue weighted by Crippen LogP contribution is -2.68. The van der Waals surface area contributed by atoms with E-state index in [2.05, 4.69) is 0 Å². The van der Waals surface area contributed by atoms with E-state index in [0.29, 0.717) is 13.2 Å². The molecule has 3 aromatic rings. The summed E-state index contributed by atoms with van der Waals surface area (Å²) in [5.41, 5.74) is 2.95. The Balaban J connectivity index is 1.53. The number of ether oxygens (including phenoxy) is 6. The van der Waals surface area contributed by atoms with E-state index >= 15 is 0 Å². The minimum Gasteiger partial charge on any atom is -0.385 e. The Morgan fingerprint density at radius 2 is 1.17 bits per heavy atom. The summed E-state index contributed by atoms with van der Waals surface area (Å²) < 4.78 is 36.0. The quantitative estimate of drug-likeness (QED) is 0.407. The van der Waals surface area contributed by atoms with E-state index in [1.807, 2.05) is 91.0 Å². The number of hydrogen-bond acceptors (Lipinski definition) is 7. The van der Waals surface area contributed by atoms with Gasteiger partial charge in [-0.25, -0.2) is 0 Å². The molecule has 3 aromatic carbocycles. The van der Waals surface area contributed by atoms with E-state index in [-0.39, 0.29) is 13.2 Å². The lowest BCUT2D eigenvalue weighted by Gasteiger charge is -2.49. The van der Waals surface area contributed by atoms with Gasteiger partial charge in [-0.05, 0) is 16.7 Å². The molecule has 36 heavy (non-hydrogen) atoms. The first-order valence-electron chi connectivity index (χ1n) is 12.0. The zero-order chi connectivity index (χ0) is 25.2. The Kier molecular flexibility index (Phi) is 9.60. The van der Waals surface area contributed by atoms with Crippen molar-refractivity contribution in [3.05, 3.63) is 108 Å². The number of aliphatic hydroxyl groups excluding tert-OH is 1. The molecular formula is C29H34O7. The van der Waals surface area contributed by atoms with Gasteiger partial charge in [0.15, 0.2) is 6.29 Å². The first-order valence-corrected chi connectivity index (χ1v) is 12.0. The standard InChI is InChI=1S/C29H34O7/c1-31-28-26(35-20-24-16-10-5-11-17-24)25(34-19-23-14-8-4-9-15-23)27(30)29(32-2,36-28)21-33-18-22-12-6-3-7-13-22/h3-17,25-28,30H,18-21H2,1-2H3/t25-,26-,27+,28-,29+/m1/s1. The van der Waals surface area contributed by atoms with Crippen LogP contribution in [0.5, 0.6) is 0 Å². The maximum Gasteiger partial charge on any atom is 0.223 e. The molecule has 7 nitrogen and oxygen atoms in total. The predicted octanol–water partition coefficient (Wildman–Crippen LogP) is 4.08. The summed E-state index contributed by atoms with van der Waals surface area (Å²) in [5.74, 6) is -1.51. The van der Waals surface area contributed by atoms with Crippen LogP contribution in [0.2, 0.25) is 0 Å². The predicted molar refractivity (Wildman–Crippen MR) is 134 cm³/mol. The van der Waals surface area contributed by atoms with Crippen LogP contribution < -0.4 is 0 Å². The molecular weight excluding hydrogens is 460 g/mol. The Morgan fingerprint density at radius 3 is 1.64 bits per heavy atom. The maximum absolute atomic E-state index is 11.5. The van der Waals surface area contributed by atoms with Gasteiger partial charge >= 0.3 is 0 Å².